The molecule has 0 bridgehead atoms. The smallest absolute Gasteiger partial charge is 0.148 e. The molecular formula is C14H24N2O2. The van der Waals surface area contributed by atoms with Crippen LogP contribution in [0.5, 0.6) is 11.5 Å². The first-order valence-electron chi connectivity index (χ1n) is 6.15. The molecule has 1 aromatic rings. The van der Waals surface area contributed by atoms with Gasteiger partial charge in [0.05, 0.1) is 19.9 Å². The zero-order valence-corrected chi connectivity index (χ0v) is 12.0. The summed E-state index contributed by atoms with van der Waals surface area (Å²) < 4.78 is 10.8. The molecule has 102 valence electrons. The molecule has 0 heterocycles. The van der Waals surface area contributed by atoms with Crippen LogP contribution in [0.3, 0.4) is 0 Å². The molecule has 3 N–H and O–H groups in total. The average molecular weight is 252 g/mol. The van der Waals surface area contributed by atoms with Crippen molar-refractivity contribution < 1.29 is 9.47 Å². The van der Waals surface area contributed by atoms with Crippen molar-refractivity contribution in [3.05, 3.63) is 17.7 Å². The highest BCUT2D eigenvalue weighted by atomic mass is 16.5. The van der Waals surface area contributed by atoms with Crippen molar-refractivity contribution >= 4 is 5.69 Å². The van der Waals surface area contributed by atoms with Crippen LogP contribution in [-0.4, -0.2) is 26.3 Å². The van der Waals surface area contributed by atoms with Gasteiger partial charge < -0.3 is 20.5 Å². The lowest BCUT2D eigenvalue weighted by atomic mass is 9.99. The monoisotopic (exact) mass is 252 g/mol. The summed E-state index contributed by atoms with van der Waals surface area (Å²) in [6.45, 7) is 6.88. The molecule has 0 aliphatic rings. The highest BCUT2D eigenvalue weighted by Crippen LogP contribution is 2.36. The van der Waals surface area contributed by atoms with Crippen molar-refractivity contribution in [2.45, 2.75) is 32.7 Å². The molecule has 1 aromatic carbocycles. The lowest BCUT2D eigenvalue weighted by molar-refractivity contribution is 0.388. The number of rotatable bonds is 6. The molecule has 0 aliphatic heterocycles. The van der Waals surface area contributed by atoms with Crippen LogP contribution >= 0.6 is 0 Å². The second-order valence-corrected chi connectivity index (χ2v) is 5.02. The largest absolute Gasteiger partial charge is 0.496 e. The van der Waals surface area contributed by atoms with Crippen molar-refractivity contribution in [1.29, 1.82) is 0 Å². The summed E-state index contributed by atoms with van der Waals surface area (Å²) >= 11 is 0. The number of ether oxygens (including phenoxy) is 2. The van der Waals surface area contributed by atoms with Gasteiger partial charge in [0.2, 0.25) is 0 Å². The van der Waals surface area contributed by atoms with Crippen LogP contribution in [0, 0.1) is 6.92 Å². The molecule has 0 fully saturated rings. The molecule has 4 heteroatoms. The van der Waals surface area contributed by atoms with Crippen molar-refractivity contribution in [2.24, 2.45) is 5.73 Å². The lowest BCUT2D eigenvalue weighted by Gasteiger charge is -2.28. The summed E-state index contributed by atoms with van der Waals surface area (Å²) in [7, 11) is 3.33. The number of methoxy groups -OCH3 is 2. The van der Waals surface area contributed by atoms with Crippen LogP contribution in [-0.2, 0) is 0 Å². The van der Waals surface area contributed by atoms with E-state index in [0.717, 1.165) is 29.2 Å². The van der Waals surface area contributed by atoms with Crippen molar-refractivity contribution in [2.75, 3.05) is 26.1 Å². The minimum Gasteiger partial charge on any atom is -0.496 e. The quantitative estimate of drug-likeness (QED) is 0.817. The Kier molecular flexibility index (Phi) is 4.84. The maximum atomic E-state index is 5.62. The molecule has 18 heavy (non-hydrogen) atoms. The van der Waals surface area contributed by atoms with E-state index in [-0.39, 0.29) is 5.54 Å². The van der Waals surface area contributed by atoms with E-state index in [1.807, 2.05) is 19.1 Å². The van der Waals surface area contributed by atoms with E-state index in [0.29, 0.717) is 6.54 Å². The topological polar surface area (TPSA) is 56.5 Å². The zero-order chi connectivity index (χ0) is 13.8. The van der Waals surface area contributed by atoms with Gasteiger partial charge >= 0.3 is 0 Å². The van der Waals surface area contributed by atoms with E-state index in [9.17, 15) is 0 Å². The second kappa shape index (κ2) is 5.96. The minimum atomic E-state index is -0.0664. The number of hydrogen-bond acceptors (Lipinski definition) is 4. The molecule has 0 unspecified atom stereocenters. The van der Waals surface area contributed by atoms with Crippen LogP contribution in [0.25, 0.3) is 0 Å². The molecule has 0 amide bonds. The predicted octanol–water partition coefficient (Wildman–Crippen LogP) is 2.55. The average Bonchev–Trinajstić information content (AvgIpc) is 2.29. The molecule has 4 nitrogen and oxygen atoms in total. The van der Waals surface area contributed by atoms with Crippen LogP contribution in [0.15, 0.2) is 12.1 Å². The molecule has 0 aliphatic carbocycles. The summed E-state index contributed by atoms with van der Waals surface area (Å²) in [6, 6.07) is 3.92. The van der Waals surface area contributed by atoms with Gasteiger partial charge in [-0.3, -0.25) is 0 Å². The Labute approximate surface area is 109 Å². The van der Waals surface area contributed by atoms with E-state index in [1.165, 1.54) is 0 Å². The van der Waals surface area contributed by atoms with Gasteiger partial charge in [-0.05, 0) is 45.9 Å². The van der Waals surface area contributed by atoms with Gasteiger partial charge in [-0.2, -0.15) is 0 Å². The molecule has 0 radical (unpaired) electrons. The molecule has 0 aromatic heterocycles. The Morgan fingerprint density at radius 2 is 1.89 bits per heavy atom. The Bertz CT molecular complexity index is 403. The fourth-order valence-electron chi connectivity index (χ4n) is 2.04. The Balaban J connectivity index is 3.06. The number of nitrogens with one attached hydrogen (secondary N) is 1. The van der Waals surface area contributed by atoms with Gasteiger partial charge in [-0.25, -0.2) is 0 Å². The summed E-state index contributed by atoms with van der Waals surface area (Å²) in [4.78, 5) is 0. The predicted molar refractivity (Wildman–Crippen MR) is 75.7 cm³/mol. The second-order valence-electron chi connectivity index (χ2n) is 5.02. The van der Waals surface area contributed by atoms with Crippen molar-refractivity contribution in [3.8, 4) is 11.5 Å². The highest BCUT2D eigenvalue weighted by Gasteiger charge is 2.20. The van der Waals surface area contributed by atoms with E-state index in [1.54, 1.807) is 14.2 Å². The maximum absolute atomic E-state index is 5.62. The van der Waals surface area contributed by atoms with Crippen molar-refractivity contribution in [3.63, 3.8) is 0 Å². The number of anilines is 1. The molecule has 0 saturated heterocycles. The first kappa shape index (κ1) is 14.6. The van der Waals surface area contributed by atoms with Gasteiger partial charge in [0, 0.05) is 11.1 Å². The third kappa shape index (κ3) is 3.29. The summed E-state index contributed by atoms with van der Waals surface area (Å²) in [5.41, 5.74) is 7.52. The van der Waals surface area contributed by atoms with Gasteiger partial charge in [0.1, 0.15) is 11.5 Å². The van der Waals surface area contributed by atoms with Gasteiger partial charge in [0.15, 0.2) is 0 Å². The van der Waals surface area contributed by atoms with E-state index >= 15 is 0 Å². The van der Waals surface area contributed by atoms with Gasteiger partial charge in [-0.15, -0.1) is 0 Å². The Morgan fingerprint density at radius 3 is 2.39 bits per heavy atom. The zero-order valence-electron chi connectivity index (χ0n) is 12.0. The van der Waals surface area contributed by atoms with Gasteiger partial charge in [-0.1, -0.05) is 0 Å². The lowest BCUT2D eigenvalue weighted by Crippen LogP contribution is -2.33. The number of nitrogens with two attached hydrogens (primary N) is 1. The molecule has 1 rings (SSSR count). The number of hydrogen-bond donors (Lipinski definition) is 2. The standard InChI is InChI=1S/C14H24N2O2/c1-10-12(17-4)7-6-11(13(10)18-5)16-14(2,3)8-9-15/h6-7,16H,8-9,15H2,1-5H3. The Morgan fingerprint density at radius 1 is 1.22 bits per heavy atom. The van der Waals surface area contributed by atoms with Crippen LogP contribution < -0.4 is 20.5 Å². The summed E-state index contributed by atoms with van der Waals surface area (Å²) in [6.07, 6.45) is 0.890. The van der Waals surface area contributed by atoms with Crippen LogP contribution in [0.4, 0.5) is 5.69 Å². The molecular weight excluding hydrogens is 228 g/mol. The van der Waals surface area contributed by atoms with Gasteiger partial charge in [0.25, 0.3) is 0 Å². The van der Waals surface area contributed by atoms with E-state index in [4.69, 9.17) is 15.2 Å². The first-order valence-corrected chi connectivity index (χ1v) is 6.15. The highest BCUT2D eigenvalue weighted by molar-refractivity contribution is 5.64. The first-order chi connectivity index (χ1) is 8.45. The third-order valence-electron chi connectivity index (χ3n) is 3.02. The fourth-order valence-corrected chi connectivity index (χ4v) is 2.04. The Hall–Kier alpha value is -1.42. The summed E-state index contributed by atoms with van der Waals surface area (Å²) in [5.74, 6) is 1.65. The molecule has 0 spiro atoms. The maximum Gasteiger partial charge on any atom is 0.148 e. The van der Waals surface area contributed by atoms with Crippen molar-refractivity contribution in [1.82, 2.24) is 0 Å². The van der Waals surface area contributed by atoms with E-state index < -0.39 is 0 Å². The summed E-state index contributed by atoms with van der Waals surface area (Å²) in [5, 5.41) is 3.47. The van der Waals surface area contributed by atoms with Crippen LogP contribution in [0.2, 0.25) is 0 Å². The molecule has 0 saturated carbocycles. The molecule has 0 atom stereocenters. The fraction of sp³-hybridized carbons (Fsp3) is 0.571. The van der Waals surface area contributed by atoms with Crippen LogP contribution in [0.1, 0.15) is 25.8 Å². The normalized spacial score (nSPS) is 11.2. The van der Waals surface area contributed by atoms with E-state index in [2.05, 4.69) is 19.2 Å². The number of benzene rings is 1. The SMILES string of the molecule is COc1ccc(NC(C)(C)CCN)c(OC)c1C. The third-order valence-corrected chi connectivity index (χ3v) is 3.02. The minimum absolute atomic E-state index is 0.0664.